The van der Waals surface area contributed by atoms with E-state index in [9.17, 15) is 4.79 Å². The van der Waals surface area contributed by atoms with Crippen molar-refractivity contribution in [1.29, 1.82) is 0 Å². The number of anilines is 1. The molecule has 1 aromatic rings. The van der Waals surface area contributed by atoms with Gasteiger partial charge in [0.2, 0.25) is 5.91 Å². The van der Waals surface area contributed by atoms with Gasteiger partial charge in [-0.15, -0.1) is 0 Å². The van der Waals surface area contributed by atoms with Crippen LogP contribution in [0.4, 0.5) is 5.82 Å². The molecule has 2 rings (SSSR count). The quantitative estimate of drug-likeness (QED) is 0.848. The van der Waals surface area contributed by atoms with Gasteiger partial charge in [0.05, 0.1) is 19.1 Å². The van der Waals surface area contributed by atoms with Gasteiger partial charge in [0.1, 0.15) is 5.82 Å². The maximum atomic E-state index is 11.7. The number of pyridine rings is 1. The van der Waals surface area contributed by atoms with E-state index < -0.39 is 0 Å². The maximum absolute atomic E-state index is 11.7. The summed E-state index contributed by atoms with van der Waals surface area (Å²) in [5, 5.41) is 6.41. The molecule has 1 saturated heterocycles. The van der Waals surface area contributed by atoms with Crippen molar-refractivity contribution in [1.82, 2.24) is 10.3 Å². The highest BCUT2D eigenvalue weighted by atomic mass is 35.5. The number of aromatic nitrogens is 1. The van der Waals surface area contributed by atoms with Crippen molar-refractivity contribution in [2.24, 2.45) is 0 Å². The van der Waals surface area contributed by atoms with Crippen molar-refractivity contribution in [2.45, 2.75) is 12.5 Å². The molecule has 17 heavy (non-hydrogen) atoms. The fourth-order valence-corrected chi connectivity index (χ4v) is 1.78. The van der Waals surface area contributed by atoms with E-state index in [1.54, 1.807) is 18.3 Å². The lowest BCUT2D eigenvalue weighted by atomic mass is 10.2. The van der Waals surface area contributed by atoms with Gasteiger partial charge in [-0.3, -0.25) is 4.79 Å². The molecule has 5 nitrogen and oxygen atoms in total. The molecule has 1 aliphatic rings. The van der Waals surface area contributed by atoms with Gasteiger partial charge in [0.15, 0.2) is 0 Å². The third kappa shape index (κ3) is 3.96. The van der Waals surface area contributed by atoms with Crippen LogP contribution in [-0.4, -0.2) is 36.7 Å². The molecule has 1 fully saturated rings. The lowest BCUT2D eigenvalue weighted by molar-refractivity contribution is -0.119. The molecule has 1 amide bonds. The van der Waals surface area contributed by atoms with E-state index in [1.807, 2.05) is 0 Å². The first-order valence-electron chi connectivity index (χ1n) is 5.48. The molecule has 92 valence electrons. The van der Waals surface area contributed by atoms with Crippen LogP contribution in [0, 0.1) is 0 Å². The number of rotatable bonds is 3. The molecular formula is C11H14ClN3O2. The number of amides is 1. The first-order valence-corrected chi connectivity index (χ1v) is 5.85. The topological polar surface area (TPSA) is 63.2 Å². The second-order valence-corrected chi connectivity index (χ2v) is 4.24. The Bertz CT molecular complexity index is 394. The molecule has 1 unspecified atom stereocenters. The van der Waals surface area contributed by atoms with Gasteiger partial charge in [-0.2, -0.15) is 0 Å². The molecular weight excluding hydrogens is 242 g/mol. The minimum absolute atomic E-state index is 0.0667. The van der Waals surface area contributed by atoms with E-state index in [-0.39, 0.29) is 12.0 Å². The van der Waals surface area contributed by atoms with Crippen molar-refractivity contribution in [3.63, 3.8) is 0 Å². The zero-order valence-corrected chi connectivity index (χ0v) is 10.0. The second-order valence-electron chi connectivity index (χ2n) is 3.81. The Morgan fingerprint density at radius 2 is 2.59 bits per heavy atom. The van der Waals surface area contributed by atoms with Crippen molar-refractivity contribution in [3.8, 4) is 0 Å². The number of hydrogen-bond donors (Lipinski definition) is 2. The highest BCUT2D eigenvalue weighted by Crippen LogP contribution is 2.12. The van der Waals surface area contributed by atoms with Gasteiger partial charge in [-0.1, -0.05) is 11.6 Å². The van der Waals surface area contributed by atoms with Crippen LogP contribution in [0.5, 0.6) is 0 Å². The molecule has 1 aliphatic heterocycles. The summed E-state index contributed by atoms with van der Waals surface area (Å²) in [6.45, 7) is 2.19. The van der Waals surface area contributed by atoms with Crippen LogP contribution in [0.1, 0.15) is 6.42 Å². The minimum Gasteiger partial charge on any atom is -0.375 e. The van der Waals surface area contributed by atoms with Crippen LogP contribution >= 0.6 is 11.6 Å². The standard InChI is InChI=1S/C11H14ClN3O2/c12-8-1-2-14-10(5-8)15-11(16)6-9-7-13-3-4-17-9/h1-2,5,9,13H,3-4,6-7H2,(H,14,15,16). The van der Waals surface area contributed by atoms with Gasteiger partial charge >= 0.3 is 0 Å². The normalized spacial score (nSPS) is 19.9. The fraction of sp³-hybridized carbons (Fsp3) is 0.455. The van der Waals surface area contributed by atoms with Gasteiger partial charge in [0.25, 0.3) is 0 Å². The molecule has 0 bridgehead atoms. The average molecular weight is 256 g/mol. The number of halogens is 1. The Hall–Kier alpha value is -1.17. The van der Waals surface area contributed by atoms with Crippen molar-refractivity contribution < 1.29 is 9.53 Å². The third-order valence-electron chi connectivity index (χ3n) is 2.41. The van der Waals surface area contributed by atoms with E-state index in [1.165, 1.54) is 0 Å². The molecule has 2 N–H and O–H groups in total. The highest BCUT2D eigenvalue weighted by Gasteiger charge is 2.17. The number of nitrogens with one attached hydrogen (secondary N) is 2. The SMILES string of the molecule is O=C(CC1CNCCO1)Nc1cc(Cl)ccn1. The number of hydrogen-bond acceptors (Lipinski definition) is 4. The summed E-state index contributed by atoms with van der Waals surface area (Å²) in [4.78, 5) is 15.7. The molecule has 0 saturated carbocycles. The number of morpholine rings is 1. The average Bonchev–Trinajstić information content (AvgIpc) is 2.30. The zero-order valence-electron chi connectivity index (χ0n) is 9.28. The van der Waals surface area contributed by atoms with Crippen molar-refractivity contribution in [3.05, 3.63) is 23.4 Å². The summed E-state index contributed by atoms with van der Waals surface area (Å²) in [7, 11) is 0. The summed E-state index contributed by atoms with van der Waals surface area (Å²) < 4.78 is 5.44. The predicted molar refractivity (Wildman–Crippen MR) is 65.1 cm³/mol. The zero-order chi connectivity index (χ0) is 12.1. The summed E-state index contributed by atoms with van der Waals surface area (Å²) in [5.74, 6) is 0.347. The Balaban J connectivity index is 1.84. The lowest BCUT2D eigenvalue weighted by Gasteiger charge is -2.22. The minimum atomic E-state index is -0.117. The first-order chi connectivity index (χ1) is 8.24. The lowest BCUT2D eigenvalue weighted by Crippen LogP contribution is -2.40. The molecule has 1 aromatic heterocycles. The van der Waals surface area contributed by atoms with Gasteiger partial charge < -0.3 is 15.4 Å². The van der Waals surface area contributed by atoms with E-state index in [0.29, 0.717) is 30.4 Å². The number of nitrogens with zero attached hydrogens (tertiary/aromatic N) is 1. The largest absolute Gasteiger partial charge is 0.375 e. The van der Waals surface area contributed by atoms with Crippen LogP contribution in [0.25, 0.3) is 0 Å². The smallest absolute Gasteiger partial charge is 0.228 e. The summed E-state index contributed by atoms with van der Waals surface area (Å²) in [6, 6.07) is 3.27. The van der Waals surface area contributed by atoms with Crippen LogP contribution in [0.3, 0.4) is 0 Å². The Labute approximate surface area is 105 Å². The van der Waals surface area contributed by atoms with Crippen molar-refractivity contribution >= 4 is 23.3 Å². The van der Waals surface area contributed by atoms with Crippen LogP contribution in [-0.2, 0) is 9.53 Å². The highest BCUT2D eigenvalue weighted by molar-refractivity contribution is 6.30. The second kappa shape index (κ2) is 5.95. The monoisotopic (exact) mass is 255 g/mol. The summed E-state index contributed by atoms with van der Waals surface area (Å²) in [6.07, 6.45) is 1.81. The van der Waals surface area contributed by atoms with Gasteiger partial charge in [-0.25, -0.2) is 4.98 Å². The summed E-state index contributed by atoms with van der Waals surface area (Å²) in [5.41, 5.74) is 0. The fourth-order valence-electron chi connectivity index (χ4n) is 1.62. The van der Waals surface area contributed by atoms with E-state index in [2.05, 4.69) is 15.6 Å². The number of carbonyl (C=O) groups is 1. The Kier molecular flexibility index (Phi) is 4.30. The van der Waals surface area contributed by atoms with Gasteiger partial charge in [-0.05, 0) is 12.1 Å². The predicted octanol–water partition coefficient (Wildman–Crippen LogP) is 1.05. The van der Waals surface area contributed by atoms with Crippen LogP contribution in [0.15, 0.2) is 18.3 Å². The first kappa shape index (κ1) is 12.3. The van der Waals surface area contributed by atoms with E-state index in [0.717, 1.165) is 6.54 Å². The summed E-state index contributed by atoms with van der Waals surface area (Å²) >= 11 is 5.79. The molecule has 6 heteroatoms. The van der Waals surface area contributed by atoms with E-state index >= 15 is 0 Å². The number of ether oxygens (including phenoxy) is 1. The van der Waals surface area contributed by atoms with E-state index in [4.69, 9.17) is 16.3 Å². The van der Waals surface area contributed by atoms with Crippen molar-refractivity contribution in [2.75, 3.05) is 25.0 Å². The molecule has 0 spiro atoms. The van der Waals surface area contributed by atoms with Crippen LogP contribution in [0.2, 0.25) is 5.02 Å². The molecule has 0 aromatic carbocycles. The molecule has 0 radical (unpaired) electrons. The third-order valence-corrected chi connectivity index (χ3v) is 2.64. The Morgan fingerprint density at radius 3 is 3.29 bits per heavy atom. The molecule has 0 aliphatic carbocycles. The molecule has 2 heterocycles. The number of carbonyl (C=O) groups excluding carboxylic acids is 1. The Morgan fingerprint density at radius 1 is 1.71 bits per heavy atom. The van der Waals surface area contributed by atoms with Crippen LogP contribution < -0.4 is 10.6 Å². The molecule has 1 atom stereocenters. The van der Waals surface area contributed by atoms with Gasteiger partial charge in [0, 0.05) is 24.3 Å². The maximum Gasteiger partial charge on any atom is 0.228 e.